The van der Waals surface area contributed by atoms with E-state index in [9.17, 15) is 19.8 Å². The van der Waals surface area contributed by atoms with Crippen molar-refractivity contribution in [3.8, 4) is 10.4 Å². The summed E-state index contributed by atoms with van der Waals surface area (Å²) in [5, 5.41) is 26.4. The van der Waals surface area contributed by atoms with Crippen LogP contribution in [0.15, 0.2) is 34.9 Å². The molecule has 2 heterocycles. The number of thiazole rings is 1. The maximum absolute atomic E-state index is 13.1. The maximum atomic E-state index is 13.1. The van der Waals surface area contributed by atoms with Crippen LogP contribution in [-0.4, -0.2) is 63.3 Å². The molecule has 176 valence electrons. The van der Waals surface area contributed by atoms with Gasteiger partial charge in [0.05, 0.1) is 34.8 Å². The van der Waals surface area contributed by atoms with Crippen molar-refractivity contribution in [1.82, 2.24) is 15.2 Å². The highest BCUT2D eigenvalue weighted by Gasteiger charge is 2.42. The molecule has 2 amide bonds. The lowest BCUT2D eigenvalue weighted by atomic mass is 10.0. The van der Waals surface area contributed by atoms with E-state index in [1.54, 1.807) is 19.4 Å². The second-order valence-corrected chi connectivity index (χ2v) is 9.28. The molecule has 2 aromatic rings. The first-order valence-corrected chi connectivity index (χ1v) is 11.6. The standard InChI is InChI=1S/C22H28N6O4S/c1-12(2)19(26-27-23)22(32)28-9-16(30)8-18(28)21(31)25-17(10-29)14-4-6-15(7-5-14)20-13(3)24-11-33-20/h4-7,11-12,16-19,29-30H,8-10H2,1-3H3,(H,25,31)/t16-,17+,18+,19?/m1/s1. The fourth-order valence-corrected chi connectivity index (χ4v) is 4.76. The SMILES string of the molecule is Cc1ncsc1-c1ccc([C@H](CO)NC(=O)[C@@H]2C[C@@H](O)CN2C(=O)C(N=[N+]=[N-])C(C)C)cc1. The fourth-order valence-electron chi connectivity index (χ4n) is 3.95. The molecule has 1 aromatic heterocycles. The molecule has 4 atom stereocenters. The molecule has 3 N–H and O–H groups in total. The number of carbonyl (C=O) groups excluding carboxylic acids is 2. The van der Waals surface area contributed by atoms with Crippen molar-refractivity contribution in [2.75, 3.05) is 13.2 Å². The third-order valence-electron chi connectivity index (χ3n) is 5.75. The van der Waals surface area contributed by atoms with E-state index in [0.29, 0.717) is 5.56 Å². The fraction of sp³-hybridized carbons (Fsp3) is 0.500. The van der Waals surface area contributed by atoms with Crippen LogP contribution in [0.3, 0.4) is 0 Å². The minimum Gasteiger partial charge on any atom is -0.394 e. The van der Waals surface area contributed by atoms with Crippen molar-refractivity contribution in [2.24, 2.45) is 11.0 Å². The van der Waals surface area contributed by atoms with E-state index in [4.69, 9.17) is 5.53 Å². The van der Waals surface area contributed by atoms with Crippen molar-refractivity contribution in [1.29, 1.82) is 0 Å². The Labute approximate surface area is 195 Å². The van der Waals surface area contributed by atoms with Crippen LogP contribution in [0.2, 0.25) is 0 Å². The summed E-state index contributed by atoms with van der Waals surface area (Å²) in [6.07, 6.45) is -0.793. The van der Waals surface area contributed by atoms with Crippen LogP contribution in [0.5, 0.6) is 0 Å². The molecule has 0 spiro atoms. The van der Waals surface area contributed by atoms with Gasteiger partial charge in [0.25, 0.3) is 0 Å². The van der Waals surface area contributed by atoms with Crippen LogP contribution in [0.1, 0.15) is 37.6 Å². The number of amides is 2. The van der Waals surface area contributed by atoms with Crippen LogP contribution in [0.25, 0.3) is 20.9 Å². The van der Waals surface area contributed by atoms with Gasteiger partial charge in [-0.1, -0.05) is 43.2 Å². The van der Waals surface area contributed by atoms with Crippen molar-refractivity contribution in [3.63, 3.8) is 0 Å². The minimum absolute atomic E-state index is 0.0201. The largest absolute Gasteiger partial charge is 0.394 e. The number of rotatable bonds is 8. The lowest BCUT2D eigenvalue weighted by Gasteiger charge is -2.29. The summed E-state index contributed by atoms with van der Waals surface area (Å²) in [5.74, 6) is -1.24. The Morgan fingerprint density at radius 1 is 1.36 bits per heavy atom. The monoisotopic (exact) mass is 472 g/mol. The lowest BCUT2D eigenvalue weighted by molar-refractivity contribution is -0.140. The summed E-state index contributed by atoms with van der Waals surface area (Å²) >= 11 is 1.54. The zero-order chi connectivity index (χ0) is 24.1. The van der Waals surface area contributed by atoms with Gasteiger partial charge in [0, 0.05) is 17.9 Å². The van der Waals surface area contributed by atoms with Gasteiger partial charge in [-0.15, -0.1) is 11.3 Å². The molecule has 0 radical (unpaired) electrons. The van der Waals surface area contributed by atoms with E-state index in [1.807, 2.05) is 31.2 Å². The van der Waals surface area contributed by atoms with Crippen LogP contribution < -0.4 is 5.32 Å². The molecule has 3 rings (SSSR count). The van der Waals surface area contributed by atoms with Gasteiger partial charge in [-0.05, 0) is 29.5 Å². The van der Waals surface area contributed by atoms with Crippen molar-refractivity contribution in [3.05, 3.63) is 51.5 Å². The summed E-state index contributed by atoms with van der Waals surface area (Å²) < 4.78 is 0. The van der Waals surface area contributed by atoms with Crippen molar-refractivity contribution < 1.29 is 19.8 Å². The van der Waals surface area contributed by atoms with E-state index in [1.165, 1.54) is 16.2 Å². The number of aliphatic hydroxyl groups excluding tert-OH is 2. The summed E-state index contributed by atoms with van der Waals surface area (Å²) in [4.78, 5) is 35.3. The topological polar surface area (TPSA) is 152 Å². The zero-order valence-electron chi connectivity index (χ0n) is 18.8. The number of carbonyl (C=O) groups is 2. The van der Waals surface area contributed by atoms with Gasteiger partial charge < -0.3 is 20.4 Å². The van der Waals surface area contributed by atoms with Crippen LogP contribution in [0, 0.1) is 12.8 Å². The number of likely N-dealkylation sites (tertiary alicyclic amines) is 1. The molecule has 1 aromatic carbocycles. The predicted molar refractivity (Wildman–Crippen MR) is 124 cm³/mol. The van der Waals surface area contributed by atoms with Gasteiger partial charge in [-0.2, -0.15) is 0 Å². The Kier molecular flexibility index (Phi) is 8.04. The van der Waals surface area contributed by atoms with E-state index in [0.717, 1.165) is 16.1 Å². The van der Waals surface area contributed by atoms with Crippen molar-refractivity contribution in [2.45, 2.75) is 51.4 Å². The second-order valence-electron chi connectivity index (χ2n) is 8.42. The van der Waals surface area contributed by atoms with Gasteiger partial charge in [-0.25, -0.2) is 4.98 Å². The number of aryl methyl sites for hydroxylation is 1. The average Bonchev–Trinajstić information content (AvgIpc) is 3.40. The molecule has 0 aliphatic carbocycles. The molecule has 1 aliphatic heterocycles. The van der Waals surface area contributed by atoms with E-state index < -0.39 is 36.0 Å². The Balaban J connectivity index is 1.75. The number of nitrogens with one attached hydrogen (secondary N) is 1. The molecule has 1 fully saturated rings. The molecule has 1 unspecified atom stereocenters. The number of hydrogen-bond donors (Lipinski definition) is 3. The maximum Gasteiger partial charge on any atom is 0.243 e. The third kappa shape index (κ3) is 5.51. The molecule has 0 bridgehead atoms. The Hall–Kier alpha value is -2.98. The Bertz CT molecular complexity index is 1030. The van der Waals surface area contributed by atoms with E-state index in [2.05, 4.69) is 20.3 Å². The first-order valence-electron chi connectivity index (χ1n) is 10.7. The van der Waals surface area contributed by atoms with Crippen LogP contribution >= 0.6 is 11.3 Å². The number of nitrogens with zero attached hydrogens (tertiary/aromatic N) is 5. The molecule has 10 nitrogen and oxygen atoms in total. The normalized spacial score (nSPS) is 19.8. The molecule has 1 aliphatic rings. The molecule has 0 saturated carbocycles. The zero-order valence-corrected chi connectivity index (χ0v) is 19.6. The number of benzene rings is 1. The summed E-state index contributed by atoms with van der Waals surface area (Å²) in [7, 11) is 0. The highest BCUT2D eigenvalue weighted by Crippen LogP contribution is 2.29. The molecule has 33 heavy (non-hydrogen) atoms. The van der Waals surface area contributed by atoms with E-state index in [-0.39, 0.29) is 25.5 Å². The van der Waals surface area contributed by atoms with E-state index >= 15 is 0 Å². The third-order valence-corrected chi connectivity index (χ3v) is 6.72. The number of azide groups is 1. The Morgan fingerprint density at radius 2 is 2.06 bits per heavy atom. The first-order chi connectivity index (χ1) is 15.8. The summed E-state index contributed by atoms with van der Waals surface area (Å²) in [5.41, 5.74) is 13.2. The summed E-state index contributed by atoms with van der Waals surface area (Å²) in [6, 6.07) is 4.92. The summed E-state index contributed by atoms with van der Waals surface area (Å²) in [6.45, 7) is 5.08. The van der Waals surface area contributed by atoms with Gasteiger partial charge in [0.1, 0.15) is 12.1 Å². The van der Waals surface area contributed by atoms with Gasteiger partial charge in [0.2, 0.25) is 11.8 Å². The highest BCUT2D eigenvalue weighted by molar-refractivity contribution is 7.13. The number of hydrogen-bond acceptors (Lipinski definition) is 7. The molecular weight excluding hydrogens is 444 g/mol. The van der Waals surface area contributed by atoms with Gasteiger partial charge in [0.15, 0.2) is 0 Å². The minimum atomic E-state index is -0.966. The van der Waals surface area contributed by atoms with Gasteiger partial charge in [-0.3, -0.25) is 9.59 Å². The number of aliphatic hydroxyl groups is 2. The lowest BCUT2D eigenvalue weighted by Crippen LogP contribution is -2.50. The average molecular weight is 473 g/mol. The van der Waals surface area contributed by atoms with Crippen molar-refractivity contribution >= 4 is 23.2 Å². The van der Waals surface area contributed by atoms with Gasteiger partial charge >= 0.3 is 0 Å². The smallest absolute Gasteiger partial charge is 0.243 e. The molecular formula is C22H28N6O4S. The molecule has 1 saturated heterocycles. The van der Waals surface area contributed by atoms with Crippen LogP contribution in [-0.2, 0) is 9.59 Å². The van der Waals surface area contributed by atoms with Crippen LogP contribution in [0.4, 0.5) is 0 Å². The second kappa shape index (κ2) is 10.8. The highest BCUT2D eigenvalue weighted by atomic mass is 32.1. The first kappa shape index (κ1) is 24.7. The Morgan fingerprint density at radius 3 is 2.61 bits per heavy atom. The molecule has 11 heteroatoms. The quantitative estimate of drug-likeness (QED) is 0.306. The number of β-amino-alcohol motifs (C(OH)–C–C–N with tert-alkyl or cyclic N) is 1. The number of aromatic nitrogens is 1. The predicted octanol–water partition coefficient (Wildman–Crippen LogP) is 2.56.